The van der Waals surface area contributed by atoms with Crippen LogP contribution in [0.5, 0.6) is 0 Å². The molecule has 0 aliphatic carbocycles. The van der Waals surface area contributed by atoms with Gasteiger partial charge in [0.15, 0.2) is 0 Å². The van der Waals surface area contributed by atoms with Gasteiger partial charge in [-0.1, -0.05) is 110 Å². The van der Waals surface area contributed by atoms with E-state index in [2.05, 4.69) is 26.8 Å². The Kier molecular flexibility index (Phi) is 20.5. The third kappa shape index (κ3) is 13.3. The van der Waals surface area contributed by atoms with Crippen LogP contribution in [0.1, 0.15) is 103 Å². The van der Waals surface area contributed by atoms with Crippen LogP contribution in [-0.2, 0) is 33.4 Å². The van der Waals surface area contributed by atoms with Gasteiger partial charge in [0, 0.05) is 39.3 Å². The largest absolute Gasteiger partial charge is 0.379 e. The molecule has 1 fully saturated rings. The molecule has 1 aliphatic heterocycles. The van der Waals surface area contributed by atoms with Crippen molar-refractivity contribution in [1.29, 1.82) is 0 Å². The molecule has 0 aromatic heterocycles. The van der Waals surface area contributed by atoms with E-state index in [-0.39, 0.29) is 41.9 Å². The molecule has 1 aliphatic rings. The summed E-state index contributed by atoms with van der Waals surface area (Å²) in [6.45, 7) is 15.7. The summed E-state index contributed by atoms with van der Waals surface area (Å²) in [5.74, 6) is -3.84. The Morgan fingerprint density at radius 3 is 1.87 bits per heavy atom. The molecule has 15 nitrogen and oxygen atoms in total. The minimum Gasteiger partial charge on any atom is -0.379 e. The maximum absolute atomic E-state index is 14.4. The average Bonchev–Trinajstić information content (AvgIpc) is 3.76. The summed E-state index contributed by atoms with van der Waals surface area (Å²) in [7, 11) is 6.47. The van der Waals surface area contributed by atoms with Crippen LogP contribution in [-0.4, -0.2) is 123 Å². The first-order valence-corrected chi connectivity index (χ1v) is 22.0. The van der Waals surface area contributed by atoms with Gasteiger partial charge < -0.3 is 35.2 Å². The summed E-state index contributed by atoms with van der Waals surface area (Å²) in [5.41, 5.74) is 6.11. The van der Waals surface area contributed by atoms with Crippen LogP contribution in [0.25, 0.3) is 0 Å². The van der Waals surface area contributed by atoms with Crippen LogP contribution in [0.2, 0.25) is 0 Å². The number of likely N-dealkylation sites (N-methyl/N-ethyl adjacent to an activating group) is 2. The number of hydrogen-bond donors (Lipinski definition) is 5. The van der Waals surface area contributed by atoms with Crippen molar-refractivity contribution in [3.8, 4) is 0 Å². The van der Waals surface area contributed by atoms with Crippen molar-refractivity contribution in [2.75, 3.05) is 34.9 Å². The number of rotatable bonds is 22. The van der Waals surface area contributed by atoms with E-state index in [9.17, 15) is 28.8 Å². The van der Waals surface area contributed by atoms with Crippen LogP contribution in [0.15, 0.2) is 60.7 Å². The molecule has 10 atom stereocenters. The lowest BCUT2D eigenvalue weighted by Gasteiger charge is -2.41. The number of amides is 6. The lowest BCUT2D eigenvalue weighted by Crippen LogP contribution is -2.59. The number of nitrogens with zero attached hydrogens (tertiary/aromatic N) is 2. The van der Waals surface area contributed by atoms with Gasteiger partial charge >= 0.3 is 0 Å². The van der Waals surface area contributed by atoms with Gasteiger partial charge in [-0.15, -0.1) is 0 Å². The molecular weight excluding hydrogens is 791 g/mol. The van der Waals surface area contributed by atoms with Gasteiger partial charge in [0.2, 0.25) is 23.6 Å². The lowest BCUT2D eigenvalue weighted by atomic mass is 9.89. The highest BCUT2D eigenvalue weighted by Crippen LogP contribution is 2.30. The van der Waals surface area contributed by atoms with Crippen LogP contribution < -0.4 is 26.8 Å². The normalized spacial score (nSPS) is 18.4. The molecule has 0 saturated carbocycles. The Labute approximate surface area is 369 Å². The number of ether oxygens (including phenoxy) is 2. The predicted molar refractivity (Wildman–Crippen MR) is 239 cm³/mol. The van der Waals surface area contributed by atoms with Crippen molar-refractivity contribution < 1.29 is 38.2 Å². The van der Waals surface area contributed by atoms with E-state index < -0.39 is 72.0 Å². The van der Waals surface area contributed by atoms with Crippen molar-refractivity contribution >= 4 is 35.4 Å². The zero-order chi connectivity index (χ0) is 46.3. The van der Waals surface area contributed by atoms with Crippen LogP contribution >= 0.6 is 0 Å². The van der Waals surface area contributed by atoms with Gasteiger partial charge in [0.25, 0.3) is 11.8 Å². The molecule has 5 N–H and O–H groups in total. The summed E-state index contributed by atoms with van der Waals surface area (Å²) in [6.07, 6.45) is 0.536. The zero-order valence-corrected chi connectivity index (χ0v) is 38.9. The highest BCUT2D eigenvalue weighted by molar-refractivity contribution is 5.96. The molecule has 62 heavy (non-hydrogen) atoms. The lowest BCUT2D eigenvalue weighted by molar-refractivity contribution is -0.148. The van der Waals surface area contributed by atoms with Crippen molar-refractivity contribution in [2.24, 2.45) is 23.7 Å². The quantitative estimate of drug-likeness (QED) is 0.109. The molecule has 0 spiro atoms. The van der Waals surface area contributed by atoms with Gasteiger partial charge in [-0.05, 0) is 55.3 Å². The van der Waals surface area contributed by atoms with Crippen LogP contribution in [0, 0.1) is 23.7 Å². The summed E-state index contributed by atoms with van der Waals surface area (Å²) in [6, 6.07) is 14.4. The predicted octanol–water partition coefficient (Wildman–Crippen LogP) is 4.04. The maximum atomic E-state index is 14.4. The number of nitrogens with one attached hydrogen (secondary N) is 5. The standard InChI is InChI=1S/C47H73N7O8/c1-13-30(6)41(53(10)47(60)39(29(4)5)49-45(58)38(48-9)28(2)3)36(61-11)27-37(55)54-26-20-25-35(54)42(62-12)32(8)43(56)50-40(31(7)33-21-16-14-17-22-33)46(59)52-51-44(57)34-23-18-15-19-24-34/h14-19,21-24,28-32,35-36,38-42,48H,13,20,25-27H2,1-12H3,(H,49,58)(H,50,56)(H,51,57)(H,52,59)/t30-,31+,32+,35-,36+,38-,39-,40-,41?,42+/m0/s1. The van der Waals surface area contributed by atoms with Crippen molar-refractivity contribution in [2.45, 2.75) is 129 Å². The van der Waals surface area contributed by atoms with Gasteiger partial charge in [-0.2, -0.15) is 0 Å². The molecule has 2 aromatic rings. The molecule has 3 rings (SSSR count). The first-order chi connectivity index (χ1) is 29.4. The van der Waals surface area contributed by atoms with Crippen LogP contribution in [0.4, 0.5) is 0 Å². The van der Waals surface area contributed by atoms with Crippen molar-refractivity contribution in [3.05, 3.63) is 71.8 Å². The molecule has 6 amide bonds. The van der Waals surface area contributed by atoms with Gasteiger partial charge in [0.05, 0.1) is 42.7 Å². The van der Waals surface area contributed by atoms with E-state index in [1.807, 2.05) is 78.8 Å². The fourth-order valence-electron chi connectivity index (χ4n) is 8.56. The van der Waals surface area contributed by atoms with Gasteiger partial charge in [-0.3, -0.25) is 39.6 Å². The molecule has 1 heterocycles. The van der Waals surface area contributed by atoms with E-state index in [0.29, 0.717) is 31.4 Å². The minimum atomic E-state index is -1.08. The molecule has 15 heteroatoms. The Morgan fingerprint density at radius 1 is 0.758 bits per heavy atom. The second-order valence-electron chi connectivity index (χ2n) is 17.3. The molecule has 1 unspecified atom stereocenters. The smallest absolute Gasteiger partial charge is 0.269 e. The summed E-state index contributed by atoms with van der Waals surface area (Å²) in [4.78, 5) is 86.0. The number of carbonyl (C=O) groups is 6. The Bertz CT molecular complexity index is 1760. The fourth-order valence-corrected chi connectivity index (χ4v) is 8.56. The van der Waals surface area contributed by atoms with Gasteiger partial charge in [-0.25, -0.2) is 0 Å². The van der Waals surface area contributed by atoms with Crippen molar-refractivity contribution in [3.63, 3.8) is 0 Å². The highest BCUT2D eigenvalue weighted by Gasteiger charge is 2.44. The number of hydrazine groups is 1. The van der Waals surface area contributed by atoms with E-state index in [0.717, 1.165) is 5.56 Å². The molecule has 0 bridgehead atoms. The Hall–Kier alpha value is -4.86. The summed E-state index contributed by atoms with van der Waals surface area (Å²) in [5, 5.41) is 8.96. The molecule has 0 radical (unpaired) electrons. The molecule has 1 saturated heterocycles. The SMILES string of the molecule is CC[C@H](C)C([C@@H](CC(=O)N1CCC[C@H]1[C@H](OC)[C@@H](C)C(=O)N[C@H](C(=O)NNC(=O)c1ccccc1)[C@H](C)c1ccccc1)OC)N(C)C(=O)[C@@H](NC(=O)[C@@H](NC)C(C)C)C(C)C. The fraction of sp³-hybridized carbons (Fsp3) is 0.617. The second kappa shape index (κ2) is 24.7. The maximum Gasteiger partial charge on any atom is 0.269 e. The molecule has 344 valence electrons. The first kappa shape index (κ1) is 51.5. The number of benzene rings is 2. The van der Waals surface area contributed by atoms with Crippen LogP contribution in [0.3, 0.4) is 0 Å². The summed E-state index contributed by atoms with van der Waals surface area (Å²) < 4.78 is 12.0. The second-order valence-corrected chi connectivity index (χ2v) is 17.3. The number of carbonyl (C=O) groups excluding carboxylic acids is 6. The molecular formula is C47H73N7O8. The van der Waals surface area contributed by atoms with Gasteiger partial charge in [0.1, 0.15) is 12.1 Å². The molecule has 2 aromatic carbocycles. The van der Waals surface area contributed by atoms with Crippen molar-refractivity contribution in [1.82, 2.24) is 36.6 Å². The Balaban J connectivity index is 1.81. The number of hydrogen-bond acceptors (Lipinski definition) is 9. The third-order valence-corrected chi connectivity index (χ3v) is 12.5. The summed E-state index contributed by atoms with van der Waals surface area (Å²) >= 11 is 0. The van der Waals surface area contributed by atoms with E-state index in [1.54, 1.807) is 61.2 Å². The number of likely N-dealkylation sites (tertiary alicyclic amines) is 1. The van der Waals surface area contributed by atoms with E-state index in [1.165, 1.54) is 14.2 Å². The van der Waals surface area contributed by atoms with E-state index >= 15 is 0 Å². The minimum absolute atomic E-state index is 0.00890. The zero-order valence-electron chi connectivity index (χ0n) is 38.9. The third-order valence-electron chi connectivity index (χ3n) is 12.5. The number of methoxy groups -OCH3 is 2. The van der Waals surface area contributed by atoms with E-state index in [4.69, 9.17) is 9.47 Å². The first-order valence-electron chi connectivity index (χ1n) is 22.0. The highest BCUT2D eigenvalue weighted by atomic mass is 16.5. The Morgan fingerprint density at radius 2 is 1.34 bits per heavy atom. The monoisotopic (exact) mass is 864 g/mol. The average molecular weight is 864 g/mol. The topological polar surface area (TPSA) is 188 Å².